The third-order valence-corrected chi connectivity index (χ3v) is 22.1. The lowest BCUT2D eigenvalue weighted by atomic mass is 10.0. The molecule has 0 N–H and O–H groups in total. The molecule has 3 aromatic heterocycles. The van der Waals surface area contributed by atoms with Crippen molar-refractivity contribution >= 4 is 85.3 Å². The Bertz CT molecular complexity index is 6560. The van der Waals surface area contributed by atoms with Crippen LogP contribution in [0, 0.1) is 0 Å². The molecule has 0 bridgehead atoms. The first kappa shape index (κ1) is 76.0. The van der Waals surface area contributed by atoms with Gasteiger partial charge in [-0.1, -0.05) is 279 Å². The second-order valence-electron chi connectivity index (χ2n) is 30.2. The maximum atomic E-state index is 7.04. The van der Waals surface area contributed by atoms with Gasteiger partial charge in [-0.25, -0.2) is 44.9 Å². The summed E-state index contributed by atoms with van der Waals surface area (Å²) in [5.41, 5.74) is 23.4. The van der Waals surface area contributed by atoms with E-state index in [0.717, 1.165) is 147 Å². The second kappa shape index (κ2) is 34.4. The molecule has 0 radical (unpaired) electrons. The molecule has 0 fully saturated rings. The minimum atomic E-state index is 0.597. The van der Waals surface area contributed by atoms with Crippen LogP contribution >= 0.6 is 0 Å². The summed E-state index contributed by atoms with van der Waals surface area (Å²) in [6, 6.07) is 157. The summed E-state index contributed by atoms with van der Waals surface area (Å²) in [5.74, 6) is 7.05. The van der Waals surface area contributed by atoms with Gasteiger partial charge in [0.2, 0.25) is 0 Å². The molecule has 2 aliphatic heterocycles. The molecule has 0 spiro atoms. The quantitative estimate of drug-likeness (QED) is 0.0804. The largest absolute Gasteiger partial charge is 0.453 e. The van der Waals surface area contributed by atoms with Crippen LogP contribution in [0.4, 0.5) is 85.3 Å². The summed E-state index contributed by atoms with van der Waals surface area (Å²) >= 11 is 0. The monoisotopic (exact) mass is 1620 g/mol. The van der Waals surface area contributed by atoms with E-state index in [9.17, 15) is 0 Å². The fourth-order valence-corrected chi connectivity index (χ4v) is 16.1. The lowest BCUT2D eigenvalue weighted by Gasteiger charge is -2.40. The van der Waals surface area contributed by atoms with Crippen molar-refractivity contribution in [1.82, 2.24) is 44.9 Å². The van der Waals surface area contributed by atoms with Gasteiger partial charge in [-0.2, -0.15) is 0 Å². The molecule has 0 aliphatic carbocycles. The number of rotatable bonds is 18. The molecule has 22 rings (SSSR count). The Morgan fingerprint density at radius 1 is 0.151 bits per heavy atom. The maximum absolute atomic E-state index is 7.04. The van der Waals surface area contributed by atoms with E-state index in [4.69, 9.17) is 49.6 Å². The lowest BCUT2D eigenvalue weighted by molar-refractivity contribution is 0.477. The molecule has 0 amide bonds. The molecule has 0 saturated heterocycles. The van der Waals surface area contributed by atoms with Crippen LogP contribution in [0.1, 0.15) is 0 Å². The minimum absolute atomic E-state index is 0.597. The zero-order chi connectivity index (χ0) is 83.9. The first-order chi connectivity index (χ1) is 62.5. The van der Waals surface area contributed by atoms with Gasteiger partial charge < -0.3 is 29.2 Å². The van der Waals surface area contributed by atoms with Crippen LogP contribution in [-0.4, -0.2) is 44.9 Å². The number of hydrogen-bond donors (Lipinski definition) is 0. The topological polar surface area (TPSA) is 141 Å². The van der Waals surface area contributed by atoms with Crippen LogP contribution in [0.2, 0.25) is 0 Å². The Labute approximate surface area is 729 Å². The molecule has 20 aromatic rings. The van der Waals surface area contributed by atoms with Gasteiger partial charge >= 0.3 is 0 Å². The van der Waals surface area contributed by atoms with Gasteiger partial charge in [0.15, 0.2) is 63.9 Å². The average Bonchev–Trinajstić information content (AvgIpc) is 0.734. The first-order valence-corrected chi connectivity index (χ1v) is 41.7. The van der Waals surface area contributed by atoms with Crippen LogP contribution < -0.4 is 29.2 Å². The van der Waals surface area contributed by atoms with Gasteiger partial charge in [0.1, 0.15) is 0 Å². The van der Waals surface area contributed by atoms with E-state index < -0.39 is 0 Å². The molecule has 126 heavy (non-hydrogen) atoms. The summed E-state index contributed by atoms with van der Waals surface area (Å²) in [4.78, 5) is 55.9. The fourth-order valence-electron chi connectivity index (χ4n) is 16.1. The molecular formula is C111H76N14O. The van der Waals surface area contributed by atoms with E-state index in [-0.39, 0.29) is 0 Å². The zero-order valence-electron chi connectivity index (χ0n) is 68.0. The van der Waals surface area contributed by atoms with Crippen LogP contribution in [0.15, 0.2) is 461 Å². The van der Waals surface area contributed by atoms with Gasteiger partial charge in [0.25, 0.3) is 0 Å². The predicted molar refractivity (Wildman–Crippen MR) is 509 cm³/mol. The predicted octanol–water partition coefficient (Wildman–Crippen LogP) is 28.7. The van der Waals surface area contributed by atoms with E-state index in [2.05, 4.69) is 279 Å². The van der Waals surface area contributed by atoms with Gasteiger partial charge in [-0.3, -0.25) is 0 Å². The SMILES string of the molecule is c1ccc(-c2nc(-c3ccccc3)nc(-c3ccc(N4c5ccc(N(c6ccccc6)c6ccccc6)cc5Oc5cc(N(c6ccccc6)c6ccccc6)ccc54)cc3)n2)cc1.c1ccc(-c2nc(-c3ccccc3)nc(-c3ccc(N4c5ccccc5N(c5ccc(-c6nc(-c7ccccc7)nc(-c7ccccc7)n6)cc5)c5ccccc54)cc3)n2)cc1. The summed E-state index contributed by atoms with van der Waals surface area (Å²) < 4.78 is 7.04. The number of benzene rings is 17. The number of anilines is 15. The van der Waals surface area contributed by atoms with Crippen molar-refractivity contribution in [2.24, 2.45) is 0 Å². The van der Waals surface area contributed by atoms with E-state index >= 15 is 0 Å². The summed E-state index contributed by atoms with van der Waals surface area (Å²) in [6.07, 6.45) is 0. The number of aromatic nitrogens is 9. The van der Waals surface area contributed by atoms with Gasteiger partial charge in [0, 0.05) is 113 Å². The molecule has 2 aliphatic rings. The second-order valence-corrected chi connectivity index (χ2v) is 30.2. The van der Waals surface area contributed by atoms with Crippen LogP contribution in [0.25, 0.3) is 102 Å². The van der Waals surface area contributed by atoms with Crippen molar-refractivity contribution in [2.45, 2.75) is 0 Å². The highest BCUT2D eigenvalue weighted by molar-refractivity contribution is 6.02. The van der Waals surface area contributed by atoms with E-state index in [1.165, 1.54) is 0 Å². The van der Waals surface area contributed by atoms with Crippen LogP contribution in [0.3, 0.4) is 0 Å². The molecule has 5 heterocycles. The molecule has 17 aromatic carbocycles. The lowest BCUT2D eigenvalue weighted by Crippen LogP contribution is -2.23. The number of hydrogen-bond acceptors (Lipinski definition) is 15. The molecule has 15 nitrogen and oxygen atoms in total. The Hall–Kier alpha value is -17.4. The number of ether oxygens (including phenoxy) is 1. The zero-order valence-corrected chi connectivity index (χ0v) is 68.0. The molecule has 0 saturated carbocycles. The van der Waals surface area contributed by atoms with Crippen molar-refractivity contribution < 1.29 is 4.74 Å². The van der Waals surface area contributed by atoms with Crippen molar-refractivity contribution in [3.63, 3.8) is 0 Å². The Morgan fingerprint density at radius 3 is 0.532 bits per heavy atom. The van der Waals surface area contributed by atoms with Gasteiger partial charge in [-0.05, 0) is 170 Å². The first-order valence-electron chi connectivity index (χ1n) is 41.7. The Balaban J connectivity index is 0.000000154. The smallest absolute Gasteiger partial charge is 0.164 e. The fraction of sp³-hybridized carbons (Fsp3) is 0. The summed E-state index contributed by atoms with van der Waals surface area (Å²) in [6.45, 7) is 0. The Kier molecular flexibility index (Phi) is 20.7. The number of fused-ring (bicyclic) bond motifs is 4. The molecule has 15 heteroatoms. The van der Waals surface area contributed by atoms with Crippen molar-refractivity contribution in [3.8, 4) is 114 Å². The average molecular weight is 1620 g/mol. The standard InChI is InChI=1S/C57H40N6O.C54H36N8/c1-7-19-41(20-8-1)55-58-56(42-21-9-2-10-22-42)60-57(59-55)43-31-33-48(34-32-43)63-51-37-35-49(61(44-23-11-3-12-24-44)45-25-13-4-14-26-45)39-53(51)64-54-40-50(36-38-52(54)63)62(46-27-15-5-16-28-46)47-29-17-6-18-30-47;1-5-17-37(18-6-1)49-55-50(38-19-7-2-8-20-38)58-53(57-49)41-29-33-43(34-30-41)61-45-25-13-15-27-47(45)62(48-28-16-14-26-46(48)61)44-35-31-42(32-36-44)54-59-51(39-21-9-3-10-22-39)56-52(60-54)40-23-11-4-12-24-40/h1-40H;1-36H. The summed E-state index contributed by atoms with van der Waals surface area (Å²) in [5, 5.41) is 0. The van der Waals surface area contributed by atoms with E-state index in [1.54, 1.807) is 0 Å². The molecule has 0 unspecified atom stereocenters. The molecule has 0 atom stereocenters. The molecular weight excluding hydrogens is 1550 g/mol. The number of nitrogens with zero attached hydrogens (tertiary/aromatic N) is 14. The van der Waals surface area contributed by atoms with Gasteiger partial charge in [0.05, 0.1) is 34.1 Å². The third-order valence-electron chi connectivity index (χ3n) is 22.1. The Morgan fingerprint density at radius 2 is 0.325 bits per heavy atom. The van der Waals surface area contributed by atoms with Crippen molar-refractivity contribution in [3.05, 3.63) is 461 Å². The van der Waals surface area contributed by atoms with Crippen molar-refractivity contribution in [2.75, 3.05) is 24.5 Å². The minimum Gasteiger partial charge on any atom is -0.453 e. The highest BCUT2D eigenvalue weighted by atomic mass is 16.5. The maximum Gasteiger partial charge on any atom is 0.164 e. The number of para-hydroxylation sites is 8. The third kappa shape index (κ3) is 15.5. The van der Waals surface area contributed by atoms with E-state index in [0.29, 0.717) is 52.4 Å². The van der Waals surface area contributed by atoms with Gasteiger partial charge in [-0.15, -0.1) is 0 Å². The van der Waals surface area contributed by atoms with Crippen molar-refractivity contribution in [1.29, 1.82) is 0 Å². The normalized spacial score (nSPS) is 11.7. The highest BCUT2D eigenvalue weighted by Gasteiger charge is 2.33. The molecule has 596 valence electrons. The van der Waals surface area contributed by atoms with Crippen LogP contribution in [-0.2, 0) is 0 Å². The highest BCUT2D eigenvalue weighted by Crippen LogP contribution is 2.57. The van der Waals surface area contributed by atoms with E-state index in [1.807, 2.05) is 206 Å². The summed E-state index contributed by atoms with van der Waals surface area (Å²) in [7, 11) is 0. The van der Waals surface area contributed by atoms with Crippen LogP contribution in [0.5, 0.6) is 11.5 Å².